The van der Waals surface area contributed by atoms with Gasteiger partial charge in [0.05, 0.1) is 6.10 Å². The molecule has 3 rings (SSSR count). The van der Waals surface area contributed by atoms with Crippen molar-refractivity contribution >= 4 is 0 Å². The molecule has 98 valence electrons. The SMILES string of the molecule is COC1CCC(NC2CC(c3ccccc3)C2)C1. The van der Waals surface area contributed by atoms with E-state index in [4.69, 9.17) is 4.74 Å². The molecule has 0 saturated heterocycles. The highest BCUT2D eigenvalue weighted by molar-refractivity contribution is 5.22. The van der Waals surface area contributed by atoms with Crippen LogP contribution in [0.2, 0.25) is 0 Å². The van der Waals surface area contributed by atoms with Crippen molar-refractivity contribution in [2.75, 3.05) is 7.11 Å². The minimum Gasteiger partial charge on any atom is -0.381 e. The summed E-state index contributed by atoms with van der Waals surface area (Å²) >= 11 is 0. The number of rotatable bonds is 4. The zero-order valence-electron chi connectivity index (χ0n) is 11.1. The second kappa shape index (κ2) is 5.41. The maximum atomic E-state index is 5.43. The molecule has 0 aromatic heterocycles. The lowest BCUT2D eigenvalue weighted by Gasteiger charge is -2.38. The van der Waals surface area contributed by atoms with E-state index in [1.54, 1.807) is 0 Å². The number of ether oxygens (including phenoxy) is 1. The van der Waals surface area contributed by atoms with Crippen LogP contribution in [-0.2, 0) is 4.74 Å². The molecule has 2 unspecified atom stereocenters. The molecule has 2 atom stereocenters. The normalized spacial score (nSPS) is 35.4. The van der Waals surface area contributed by atoms with E-state index in [1.165, 1.54) is 37.7 Å². The monoisotopic (exact) mass is 245 g/mol. The van der Waals surface area contributed by atoms with Gasteiger partial charge in [0.25, 0.3) is 0 Å². The van der Waals surface area contributed by atoms with E-state index < -0.39 is 0 Å². The Morgan fingerprint density at radius 2 is 1.78 bits per heavy atom. The van der Waals surface area contributed by atoms with Gasteiger partial charge in [-0.2, -0.15) is 0 Å². The number of methoxy groups -OCH3 is 1. The Bertz CT molecular complexity index is 372. The predicted molar refractivity (Wildman–Crippen MR) is 73.8 cm³/mol. The lowest BCUT2D eigenvalue weighted by Crippen LogP contribution is -2.44. The van der Waals surface area contributed by atoms with Gasteiger partial charge < -0.3 is 10.1 Å². The summed E-state index contributed by atoms with van der Waals surface area (Å²) in [5.74, 6) is 0.781. The van der Waals surface area contributed by atoms with Crippen LogP contribution in [0, 0.1) is 0 Å². The second-order valence-corrected chi connectivity index (χ2v) is 5.81. The first-order valence-corrected chi connectivity index (χ1v) is 7.19. The quantitative estimate of drug-likeness (QED) is 0.880. The van der Waals surface area contributed by atoms with Gasteiger partial charge in [-0.05, 0) is 43.6 Å². The Hall–Kier alpha value is -0.860. The molecule has 2 saturated carbocycles. The van der Waals surface area contributed by atoms with E-state index >= 15 is 0 Å². The minimum atomic E-state index is 0.493. The lowest BCUT2D eigenvalue weighted by molar-refractivity contribution is 0.105. The highest BCUT2D eigenvalue weighted by Gasteiger charge is 2.33. The van der Waals surface area contributed by atoms with Crippen molar-refractivity contribution in [3.8, 4) is 0 Å². The summed E-state index contributed by atoms with van der Waals surface area (Å²) in [5, 5.41) is 3.80. The predicted octanol–water partition coefficient (Wildman–Crippen LogP) is 3.09. The molecule has 2 nitrogen and oxygen atoms in total. The fourth-order valence-corrected chi connectivity index (χ4v) is 3.39. The average molecular weight is 245 g/mol. The second-order valence-electron chi connectivity index (χ2n) is 5.81. The van der Waals surface area contributed by atoms with Crippen molar-refractivity contribution in [3.05, 3.63) is 35.9 Å². The van der Waals surface area contributed by atoms with Crippen LogP contribution in [0.4, 0.5) is 0 Å². The average Bonchev–Trinajstić information content (AvgIpc) is 2.82. The molecule has 2 aliphatic carbocycles. The summed E-state index contributed by atoms with van der Waals surface area (Å²) < 4.78 is 5.43. The van der Waals surface area contributed by atoms with Gasteiger partial charge in [-0.1, -0.05) is 30.3 Å². The van der Waals surface area contributed by atoms with Crippen LogP contribution in [0.3, 0.4) is 0 Å². The van der Waals surface area contributed by atoms with Crippen LogP contribution in [0.25, 0.3) is 0 Å². The van der Waals surface area contributed by atoms with Gasteiger partial charge in [0.2, 0.25) is 0 Å². The molecule has 1 aromatic rings. The van der Waals surface area contributed by atoms with Crippen LogP contribution in [0.1, 0.15) is 43.6 Å². The Kier molecular flexibility index (Phi) is 3.67. The fraction of sp³-hybridized carbons (Fsp3) is 0.625. The molecule has 0 spiro atoms. The third-order valence-electron chi connectivity index (χ3n) is 4.60. The van der Waals surface area contributed by atoms with E-state index in [2.05, 4.69) is 35.6 Å². The first kappa shape index (κ1) is 12.2. The minimum absolute atomic E-state index is 0.493. The molecule has 18 heavy (non-hydrogen) atoms. The third kappa shape index (κ3) is 2.60. The van der Waals surface area contributed by atoms with E-state index in [-0.39, 0.29) is 0 Å². The maximum Gasteiger partial charge on any atom is 0.0586 e. The fourth-order valence-electron chi connectivity index (χ4n) is 3.39. The molecule has 0 heterocycles. The van der Waals surface area contributed by atoms with Crippen LogP contribution in [0.15, 0.2) is 30.3 Å². The molecule has 0 radical (unpaired) electrons. The molecule has 2 aliphatic rings. The highest BCUT2D eigenvalue weighted by Crippen LogP contribution is 2.37. The summed E-state index contributed by atoms with van der Waals surface area (Å²) in [6.07, 6.45) is 6.81. The van der Waals surface area contributed by atoms with Gasteiger partial charge in [-0.15, -0.1) is 0 Å². The summed E-state index contributed by atoms with van der Waals surface area (Å²) in [6, 6.07) is 12.3. The Morgan fingerprint density at radius 1 is 1.00 bits per heavy atom. The standard InChI is InChI=1S/C16H23NO/c1-18-16-8-7-14(11-16)17-15-9-13(10-15)12-5-3-2-4-6-12/h2-6,13-17H,7-11H2,1H3. The summed E-state index contributed by atoms with van der Waals surface area (Å²) in [6.45, 7) is 0. The molecular formula is C16H23NO. The van der Waals surface area contributed by atoms with Crippen molar-refractivity contribution in [2.45, 2.75) is 56.2 Å². The molecule has 2 fully saturated rings. The smallest absolute Gasteiger partial charge is 0.0586 e. The molecule has 0 aliphatic heterocycles. The van der Waals surface area contributed by atoms with Crippen molar-refractivity contribution < 1.29 is 4.74 Å². The van der Waals surface area contributed by atoms with Crippen molar-refractivity contribution in [3.63, 3.8) is 0 Å². The van der Waals surface area contributed by atoms with Crippen molar-refractivity contribution in [1.82, 2.24) is 5.32 Å². The number of hydrogen-bond acceptors (Lipinski definition) is 2. The van der Waals surface area contributed by atoms with Crippen LogP contribution in [-0.4, -0.2) is 25.3 Å². The Balaban J connectivity index is 1.43. The molecule has 1 aromatic carbocycles. The summed E-state index contributed by atoms with van der Waals surface area (Å²) in [5.41, 5.74) is 1.51. The van der Waals surface area contributed by atoms with Gasteiger partial charge in [0.1, 0.15) is 0 Å². The number of nitrogens with one attached hydrogen (secondary N) is 1. The molecule has 0 bridgehead atoms. The zero-order chi connectivity index (χ0) is 12.4. The van der Waals surface area contributed by atoms with E-state index in [1.807, 2.05) is 7.11 Å². The van der Waals surface area contributed by atoms with E-state index in [0.717, 1.165) is 12.0 Å². The van der Waals surface area contributed by atoms with E-state index in [0.29, 0.717) is 12.1 Å². The number of benzene rings is 1. The summed E-state index contributed by atoms with van der Waals surface area (Å²) in [7, 11) is 1.84. The van der Waals surface area contributed by atoms with Gasteiger partial charge >= 0.3 is 0 Å². The highest BCUT2D eigenvalue weighted by atomic mass is 16.5. The topological polar surface area (TPSA) is 21.3 Å². The van der Waals surface area contributed by atoms with E-state index in [9.17, 15) is 0 Å². The maximum absolute atomic E-state index is 5.43. The van der Waals surface area contributed by atoms with Crippen LogP contribution >= 0.6 is 0 Å². The van der Waals surface area contributed by atoms with Crippen LogP contribution < -0.4 is 5.32 Å². The van der Waals surface area contributed by atoms with Crippen molar-refractivity contribution in [2.24, 2.45) is 0 Å². The molecular weight excluding hydrogens is 222 g/mol. The first-order valence-electron chi connectivity index (χ1n) is 7.19. The molecule has 0 amide bonds. The van der Waals surface area contributed by atoms with Gasteiger partial charge in [0.15, 0.2) is 0 Å². The van der Waals surface area contributed by atoms with Crippen LogP contribution in [0.5, 0.6) is 0 Å². The summed E-state index contributed by atoms with van der Waals surface area (Å²) in [4.78, 5) is 0. The molecule has 2 heteroatoms. The van der Waals surface area contributed by atoms with Gasteiger partial charge in [-0.25, -0.2) is 0 Å². The lowest BCUT2D eigenvalue weighted by atomic mass is 9.75. The largest absolute Gasteiger partial charge is 0.381 e. The Morgan fingerprint density at radius 3 is 2.44 bits per heavy atom. The van der Waals surface area contributed by atoms with Gasteiger partial charge in [0, 0.05) is 19.2 Å². The first-order chi connectivity index (χ1) is 8.85. The van der Waals surface area contributed by atoms with Crippen molar-refractivity contribution in [1.29, 1.82) is 0 Å². The molecule has 1 N–H and O–H groups in total. The Labute approximate surface area is 110 Å². The third-order valence-corrected chi connectivity index (χ3v) is 4.60. The number of hydrogen-bond donors (Lipinski definition) is 1. The van der Waals surface area contributed by atoms with Gasteiger partial charge in [-0.3, -0.25) is 0 Å². The zero-order valence-corrected chi connectivity index (χ0v) is 11.1.